The Morgan fingerprint density at radius 1 is 1.00 bits per heavy atom. The molecule has 0 saturated heterocycles. The van der Waals surface area contributed by atoms with Gasteiger partial charge in [-0.3, -0.25) is 0 Å². The average Bonchev–Trinajstić information content (AvgIpc) is 2.48. The van der Waals surface area contributed by atoms with E-state index in [1.54, 1.807) is 31.4 Å². The second kappa shape index (κ2) is 6.65. The highest BCUT2D eigenvalue weighted by Gasteiger charge is 2.04. The highest BCUT2D eigenvalue weighted by molar-refractivity contribution is 6.00. The van der Waals surface area contributed by atoms with Gasteiger partial charge in [0.15, 0.2) is 0 Å². The molecule has 2 rings (SSSR count). The summed E-state index contributed by atoms with van der Waals surface area (Å²) in [6.45, 7) is 0. The van der Waals surface area contributed by atoms with Gasteiger partial charge in [-0.2, -0.15) is 0 Å². The van der Waals surface area contributed by atoms with Crippen LogP contribution in [-0.2, 0) is 0 Å². The lowest BCUT2D eigenvalue weighted by Gasteiger charge is -2.14. The number of carbonyl (C=O) groups is 1. The number of nitrogens with one attached hydrogen (secondary N) is 2. The topological polar surface area (TPSA) is 53.6 Å². The molecule has 0 aliphatic rings. The normalized spacial score (nSPS) is 9.86. The number of urea groups is 1. The van der Waals surface area contributed by atoms with Gasteiger partial charge >= 0.3 is 6.03 Å². The van der Waals surface area contributed by atoms with Crippen molar-refractivity contribution in [1.82, 2.24) is 0 Å². The lowest BCUT2D eigenvalue weighted by atomic mass is 10.2. The number of amides is 2. The zero-order valence-electron chi connectivity index (χ0n) is 12.4. The minimum absolute atomic E-state index is 0.281. The summed E-state index contributed by atoms with van der Waals surface area (Å²) in [4.78, 5) is 13.9. The lowest BCUT2D eigenvalue weighted by molar-refractivity contribution is 0.262. The minimum Gasteiger partial charge on any atom is -0.497 e. The highest BCUT2D eigenvalue weighted by Crippen LogP contribution is 2.18. The molecule has 5 heteroatoms. The Labute approximate surface area is 124 Å². The van der Waals surface area contributed by atoms with Gasteiger partial charge in [0.1, 0.15) is 5.75 Å². The van der Waals surface area contributed by atoms with Crippen LogP contribution in [0.15, 0.2) is 48.5 Å². The van der Waals surface area contributed by atoms with Crippen LogP contribution in [0.3, 0.4) is 0 Å². The number of nitrogens with zero attached hydrogens (tertiary/aromatic N) is 1. The SMILES string of the molecule is COc1ccc(NC(=O)Nc2cccc(N(C)C)c2)cc1. The Morgan fingerprint density at radius 2 is 1.67 bits per heavy atom. The van der Waals surface area contributed by atoms with Gasteiger partial charge in [0.25, 0.3) is 0 Å². The van der Waals surface area contributed by atoms with E-state index in [0.717, 1.165) is 17.1 Å². The van der Waals surface area contributed by atoms with Crippen molar-refractivity contribution < 1.29 is 9.53 Å². The molecule has 2 N–H and O–H groups in total. The molecule has 2 aromatic carbocycles. The summed E-state index contributed by atoms with van der Waals surface area (Å²) in [7, 11) is 5.51. The smallest absolute Gasteiger partial charge is 0.323 e. The summed E-state index contributed by atoms with van der Waals surface area (Å²) in [6.07, 6.45) is 0. The van der Waals surface area contributed by atoms with Crippen molar-refractivity contribution in [2.75, 3.05) is 36.7 Å². The molecule has 5 nitrogen and oxygen atoms in total. The van der Waals surface area contributed by atoms with Crippen LogP contribution in [0.25, 0.3) is 0 Å². The van der Waals surface area contributed by atoms with E-state index in [1.165, 1.54) is 0 Å². The van der Waals surface area contributed by atoms with Crippen molar-refractivity contribution in [3.05, 3.63) is 48.5 Å². The van der Waals surface area contributed by atoms with Gasteiger partial charge in [-0.1, -0.05) is 6.07 Å². The van der Waals surface area contributed by atoms with E-state index in [1.807, 2.05) is 43.3 Å². The Balaban J connectivity index is 1.99. The van der Waals surface area contributed by atoms with E-state index in [9.17, 15) is 4.79 Å². The molecule has 0 heterocycles. The number of hydrogen-bond donors (Lipinski definition) is 2. The van der Waals surface area contributed by atoms with Crippen molar-refractivity contribution in [2.24, 2.45) is 0 Å². The third kappa shape index (κ3) is 4.14. The van der Waals surface area contributed by atoms with Crippen LogP contribution in [-0.4, -0.2) is 27.2 Å². The van der Waals surface area contributed by atoms with Crippen LogP contribution in [0, 0.1) is 0 Å². The maximum absolute atomic E-state index is 12.0. The molecule has 0 fully saturated rings. The predicted molar refractivity (Wildman–Crippen MR) is 86.4 cm³/mol. The summed E-state index contributed by atoms with van der Waals surface area (Å²) in [6, 6.07) is 14.5. The molecule has 0 saturated carbocycles. The number of rotatable bonds is 4. The molecule has 2 amide bonds. The second-order valence-electron chi connectivity index (χ2n) is 4.75. The third-order valence-corrected chi connectivity index (χ3v) is 2.97. The van der Waals surface area contributed by atoms with E-state index in [2.05, 4.69) is 10.6 Å². The van der Waals surface area contributed by atoms with Crippen molar-refractivity contribution in [1.29, 1.82) is 0 Å². The van der Waals surface area contributed by atoms with Gasteiger partial charge in [-0.15, -0.1) is 0 Å². The number of methoxy groups -OCH3 is 1. The molecule has 0 unspecified atom stereocenters. The van der Waals surface area contributed by atoms with E-state index < -0.39 is 0 Å². The van der Waals surface area contributed by atoms with E-state index in [4.69, 9.17) is 4.74 Å². The van der Waals surface area contributed by atoms with Crippen LogP contribution in [0.1, 0.15) is 0 Å². The van der Waals surface area contributed by atoms with Crippen LogP contribution >= 0.6 is 0 Å². The Morgan fingerprint density at radius 3 is 2.29 bits per heavy atom. The van der Waals surface area contributed by atoms with Gasteiger partial charge < -0.3 is 20.3 Å². The first-order valence-corrected chi connectivity index (χ1v) is 6.58. The zero-order chi connectivity index (χ0) is 15.2. The van der Waals surface area contributed by atoms with Gasteiger partial charge in [-0.25, -0.2) is 4.79 Å². The van der Waals surface area contributed by atoms with Crippen molar-refractivity contribution in [3.8, 4) is 5.75 Å². The average molecular weight is 285 g/mol. The second-order valence-corrected chi connectivity index (χ2v) is 4.75. The molecule has 0 atom stereocenters. The summed E-state index contributed by atoms with van der Waals surface area (Å²) in [5.74, 6) is 0.750. The molecule has 0 aliphatic heterocycles. The monoisotopic (exact) mass is 285 g/mol. The zero-order valence-corrected chi connectivity index (χ0v) is 12.4. The Hall–Kier alpha value is -2.69. The molecular formula is C16H19N3O2. The number of carbonyl (C=O) groups excluding carboxylic acids is 1. The molecular weight excluding hydrogens is 266 g/mol. The van der Waals surface area contributed by atoms with Crippen molar-refractivity contribution in [2.45, 2.75) is 0 Å². The van der Waals surface area contributed by atoms with Gasteiger partial charge in [0, 0.05) is 31.2 Å². The van der Waals surface area contributed by atoms with E-state index in [-0.39, 0.29) is 6.03 Å². The van der Waals surface area contributed by atoms with Crippen LogP contribution in [0.5, 0.6) is 5.75 Å². The fourth-order valence-corrected chi connectivity index (χ4v) is 1.83. The number of benzene rings is 2. The van der Waals surface area contributed by atoms with E-state index >= 15 is 0 Å². The standard InChI is InChI=1S/C16H19N3O2/c1-19(2)14-6-4-5-13(11-14)18-16(20)17-12-7-9-15(21-3)10-8-12/h4-11H,1-3H3,(H2,17,18,20). The molecule has 0 aliphatic carbocycles. The maximum Gasteiger partial charge on any atom is 0.323 e. The van der Waals surface area contributed by atoms with Gasteiger partial charge in [0.05, 0.1) is 7.11 Å². The molecule has 21 heavy (non-hydrogen) atoms. The Kier molecular flexibility index (Phi) is 4.66. The molecule has 2 aromatic rings. The maximum atomic E-state index is 12.0. The predicted octanol–water partition coefficient (Wildman–Crippen LogP) is 3.41. The largest absolute Gasteiger partial charge is 0.497 e. The first kappa shape index (κ1) is 14.7. The molecule has 0 bridgehead atoms. The van der Waals surface area contributed by atoms with E-state index in [0.29, 0.717) is 5.69 Å². The highest BCUT2D eigenvalue weighted by atomic mass is 16.5. The van der Waals surface area contributed by atoms with Gasteiger partial charge in [0.2, 0.25) is 0 Å². The number of ether oxygens (including phenoxy) is 1. The van der Waals surface area contributed by atoms with Crippen molar-refractivity contribution in [3.63, 3.8) is 0 Å². The lowest BCUT2D eigenvalue weighted by Crippen LogP contribution is -2.19. The molecule has 0 aromatic heterocycles. The molecule has 110 valence electrons. The Bertz CT molecular complexity index is 609. The number of hydrogen-bond acceptors (Lipinski definition) is 3. The molecule has 0 radical (unpaired) electrons. The fourth-order valence-electron chi connectivity index (χ4n) is 1.83. The first-order chi connectivity index (χ1) is 10.1. The van der Waals surface area contributed by atoms with Crippen LogP contribution in [0.2, 0.25) is 0 Å². The van der Waals surface area contributed by atoms with Crippen molar-refractivity contribution >= 4 is 23.1 Å². The minimum atomic E-state index is -0.281. The quantitative estimate of drug-likeness (QED) is 0.905. The van der Waals surface area contributed by atoms with Crippen LogP contribution in [0.4, 0.5) is 21.9 Å². The third-order valence-electron chi connectivity index (χ3n) is 2.97. The summed E-state index contributed by atoms with van der Waals surface area (Å²) < 4.78 is 5.07. The fraction of sp³-hybridized carbons (Fsp3) is 0.188. The van der Waals surface area contributed by atoms with Crippen LogP contribution < -0.4 is 20.3 Å². The van der Waals surface area contributed by atoms with Gasteiger partial charge in [-0.05, 0) is 42.5 Å². The molecule has 0 spiro atoms. The first-order valence-electron chi connectivity index (χ1n) is 6.58. The summed E-state index contributed by atoms with van der Waals surface area (Å²) >= 11 is 0. The number of anilines is 3. The summed E-state index contributed by atoms with van der Waals surface area (Å²) in [5, 5.41) is 5.58. The summed E-state index contributed by atoms with van der Waals surface area (Å²) in [5.41, 5.74) is 2.47.